The van der Waals surface area contributed by atoms with Crippen molar-refractivity contribution in [1.29, 1.82) is 5.26 Å². The molecule has 2 heterocycles. The number of aromatic nitrogens is 1. The summed E-state index contributed by atoms with van der Waals surface area (Å²) in [4.78, 5) is 40.3. The largest absolute Gasteiger partial charge is 0.325 e. The van der Waals surface area contributed by atoms with Gasteiger partial charge in [-0.25, -0.2) is 4.79 Å². The summed E-state index contributed by atoms with van der Waals surface area (Å²) in [5.74, 6) is -0.786. The Kier molecular flexibility index (Phi) is 5.32. The Labute approximate surface area is 204 Å². The van der Waals surface area contributed by atoms with Crippen molar-refractivity contribution in [3.8, 4) is 11.8 Å². The van der Waals surface area contributed by atoms with E-state index in [1.807, 2.05) is 26.0 Å². The lowest BCUT2D eigenvalue weighted by Gasteiger charge is -2.22. The smallest absolute Gasteiger partial charge is 0.319 e. The number of nitrogens with zero attached hydrogens (tertiary/aromatic N) is 3. The lowest BCUT2D eigenvalue weighted by molar-refractivity contribution is -0.130. The van der Waals surface area contributed by atoms with Crippen LogP contribution in [0.3, 0.4) is 0 Å². The highest BCUT2D eigenvalue weighted by Gasteiger charge is 2.49. The van der Waals surface area contributed by atoms with E-state index in [0.29, 0.717) is 16.7 Å². The molecule has 176 valence electrons. The second kappa shape index (κ2) is 8.24. The van der Waals surface area contributed by atoms with Gasteiger partial charge in [-0.2, -0.15) is 5.26 Å². The van der Waals surface area contributed by atoms with Crippen LogP contribution in [0.2, 0.25) is 0 Å². The molecule has 1 atom stereocenters. The number of rotatable bonds is 5. The first-order valence-electron chi connectivity index (χ1n) is 11.7. The van der Waals surface area contributed by atoms with E-state index < -0.39 is 17.5 Å². The standard InChI is InChI=1S/C28H26N4O3/c1-17-13-24(18(2)32(17)23-12-9-20-5-4-6-21(20)14-23)25(33)16-31-26(34)28(3,30-27(31)35)22-10-7-19(15-29)8-11-22/h7-14H,4-6,16H2,1-3H3,(H,30,35). The maximum atomic E-state index is 13.3. The van der Waals surface area contributed by atoms with Crippen molar-refractivity contribution < 1.29 is 14.4 Å². The molecule has 3 aromatic rings. The molecule has 1 fully saturated rings. The summed E-state index contributed by atoms with van der Waals surface area (Å²) in [6.45, 7) is 5.11. The molecular formula is C28H26N4O3. The molecule has 2 aromatic carbocycles. The average Bonchev–Trinajstić information content (AvgIpc) is 3.50. The van der Waals surface area contributed by atoms with E-state index in [-0.39, 0.29) is 12.3 Å². The number of carbonyl (C=O) groups is 3. The first kappa shape index (κ1) is 22.6. The number of aryl methyl sites for hydroxylation is 3. The molecule has 0 saturated carbocycles. The lowest BCUT2D eigenvalue weighted by atomic mass is 9.91. The van der Waals surface area contributed by atoms with Crippen molar-refractivity contribution in [2.75, 3.05) is 6.54 Å². The number of amides is 3. The van der Waals surface area contributed by atoms with Gasteiger partial charge in [0.2, 0.25) is 0 Å². The number of ketones is 1. The minimum atomic E-state index is -1.30. The molecular weight excluding hydrogens is 440 g/mol. The minimum absolute atomic E-state index is 0.293. The second-order valence-corrected chi connectivity index (χ2v) is 9.49. The molecule has 0 radical (unpaired) electrons. The highest BCUT2D eigenvalue weighted by atomic mass is 16.2. The Bertz CT molecular complexity index is 1430. The third-order valence-electron chi connectivity index (χ3n) is 7.24. The van der Waals surface area contributed by atoms with E-state index in [9.17, 15) is 14.4 Å². The third-order valence-corrected chi connectivity index (χ3v) is 7.24. The number of hydrogen-bond donors (Lipinski definition) is 1. The maximum Gasteiger partial charge on any atom is 0.325 e. The molecule has 3 amide bonds. The van der Waals surface area contributed by atoms with Gasteiger partial charge in [-0.1, -0.05) is 18.2 Å². The third kappa shape index (κ3) is 3.62. The molecule has 1 aliphatic carbocycles. The molecule has 1 saturated heterocycles. The van der Waals surface area contributed by atoms with E-state index in [4.69, 9.17) is 5.26 Å². The predicted octanol–water partition coefficient (Wildman–Crippen LogP) is 4.10. The Hall–Kier alpha value is -4.18. The van der Waals surface area contributed by atoms with Gasteiger partial charge in [-0.3, -0.25) is 14.5 Å². The highest BCUT2D eigenvalue weighted by Crippen LogP contribution is 2.31. The van der Waals surface area contributed by atoms with E-state index in [2.05, 4.69) is 28.1 Å². The lowest BCUT2D eigenvalue weighted by Crippen LogP contribution is -2.41. The molecule has 7 heteroatoms. The van der Waals surface area contributed by atoms with Gasteiger partial charge in [0.15, 0.2) is 5.78 Å². The van der Waals surface area contributed by atoms with Crippen molar-refractivity contribution in [3.63, 3.8) is 0 Å². The molecule has 35 heavy (non-hydrogen) atoms. The zero-order valence-corrected chi connectivity index (χ0v) is 20.0. The maximum absolute atomic E-state index is 13.3. The molecule has 1 N–H and O–H groups in total. The minimum Gasteiger partial charge on any atom is -0.319 e. The monoisotopic (exact) mass is 466 g/mol. The summed E-state index contributed by atoms with van der Waals surface area (Å²) in [5, 5.41) is 11.7. The van der Waals surface area contributed by atoms with Crippen LogP contribution in [0.25, 0.3) is 5.69 Å². The van der Waals surface area contributed by atoms with E-state index in [1.165, 1.54) is 17.5 Å². The van der Waals surface area contributed by atoms with Crippen LogP contribution in [0.1, 0.15) is 57.3 Å². The van der Waals surface area contributed by atoms with Gasteiger partial charge in [0.05, 0.1) is 18.2 Å². The number of hydrogen-bond acceptors (Lipinski definition) is 4. The SMILES string of the molecule is Cc1cc(C(=O)CN2C(=O)NC(C)(c3ccc(C#N)cc3)C2=O)c(C)n1-c1ccc2c(c1)CCC2. The number of fused-ring (bicyclic) bond motifs is 1. The van der Waals surface area contributed by atoms with Gasteiger partial charge < -0.3 is 9.88 Å². The number of Topliss-reactive ketones (excluding diaryl/α,β-unsaturated/α-hetero) is 1. The van der Waals surface area contributed by atoms with E-state index in [1.54, 1.807) is 31.2 Å². The Morgan fingerprint density at radius 1 is 1.06 bits per heavy atom. The summed E-state index contributed by atoms with van der Waals surface area (Å²) in [5.41, 5.74) is 5.67. The number of nitrogens with one attached hydrogen (secondary N) is 1. The molecule has 2 aliphatic rings. The number of benzene rings is 2. The molecule has 5 rings (SSSR count). The van der Waals surface area contributed by atoms with Gasteiger partial charge >= 0.3 is 6.03 Å². The summed E-state index contributed by atoms with van der Waals surface area (Å²) in [7, 11) is 0. The van der Waals surface area contributed by atoms with Crippen molar-refractivity contribution in [1.82, 2.24) is 14.8 Å². The first-order valence-corrected chi connectivity index (χ1v) is 11.7. The molecule has 1 aromatic heterocycles. The predicted molar refractivity (Wildman–Crippen MR) is 130 cm³/mol. The van der Waals surface area contributed by atoms with Crippen molar-refractivity contribution >= 4 is 17.7 Å². The second-order valence-electron chi connectivity index (χ2n) is 9.49. The average molecular weight is 467 g/mol. The summed E-state index contributed by atoms with van der Waals surface area (Å²) >= 11 is 0. The molecule has 7 nitrogen and oxygen atoms in total. The number of carbonyl (C=O) groups excluding carboxylic acids is 3. The Morgan fingerprint density at radius 3 is 2.49 bits per heavy atom. The first-order chi connectivity index (χ1) is 16.7. The fourth-order valence-corrected chi connectivity index (χ4v) is 5.28. The van der Waals surface area contributed by atoms with Gasteiger partial charge in [0.1, 0.15) is 5.54 Å². The van der Waals surface area contributed by atoms with Crippen molar-refractivity contribution in [2.45, 2.75) is 45.6 Å². The molecule has 0 spiro atoms. The van der Waals surface area contributed by atoms with Gasteiger partial charge in [-0.05, 0) is 87.1 Å². The summed E-state index contributed by atoms with van der Waals surface area (Å²) in [6.07, 6.45) is 3.34. The van der Waals surface area contributed by atoms with Crippen LogP contribution in [0.5, 0.6) is 0 Å². The number of urea groups is 1. The van der Waals surface area contributed by atoms with Crippen LogP contribution in [0, 0.1) is 25.2 Å². The van der Waals surface area contributed by atoms with Crippen LogP contribution in [0.15, 0.2) is 48.5 Å². The fourth-order valence-electron chi connectivity index (χ4n) is 5.28. The molecule has 0 bridgehead atoms. The number of nitriles is 1. The normalized spacial score (nSPS) is 19.0. The fraction of sp³-hybridized carbons (Fsp3) is 0.286. The Morgan fingerprint density at radius 2 is 1.77 bits per heavy atom. The van der Waals surface area contributed by atoms with Crippen LogP contribution in [0.4, 0.5) is 4.79 Å². The van der Waals surface area contributed by atoms with E-state index in [0.717, 1.165) is 34.8 Å². The van der Waals surface area contributed by atoms with Gasteiger partial charge in [0, 0.05) is 22.6 Å². The molecule has 1 aliphatic heterocycles. The van der Waals surface area contributed by atoms with Crippen LogP contribution in [-0.4, -0.2) is 33.7 Å². The number of imide groups is 1. The zero-order chi connectivity index (χ0) is 24.9. The quantitative estimate of drug-likeness (QED) is 0.452. The van der Waals surface area contributed by atoms with Crippen LogP contribution >= 0.6 is 0 Å². The van der Waals surface area contributed by atoms with Crippen LogP contribution < -0.4 is 5.32 Å². The van der Waals surface area contributed by atoms with E-state index >= 15 is 0 Å². The van der Waals surface area contributed by atoms with Gasteiger partial charge in [0.25, 0.3) is 5.91 Å². The topological polar surface area (TPSA) is 95.2 Å². The van der Waals surface area contributed by atoms with Crippen molar-refractivity contribution in [3.05, 3.63) is 87.7 Å². The summed E-state index contributed by atoms with van der Waals surface area (Å²) in [6, 6.07) is 16.2. The highest BCUT2D eigenvalue weighted by molar-refractivity contribution is 6.11. The Balaban J connectivity index is 1.40. The van der Waals surface area contributed by atoms with Crippen molar-refractivity contribution in [2.24, 2.45) is 0 Å². The zero-order valence-electron chi connectivity index (χ0n) is 20.0. The molecule has 1 unspecified atom stereocenters. The van der Waals surface area contributed by atoms with Gasteiger partial charge in [-0.15, -0.1) is 0 Å². The summed E-state index contributed by atoms with van der Waals surface area (Å²) < 4.78 is 2.05. The van der Waals surface area contributed by atoms with Crippen LogP contribution in [-0.2, 0) is 23.2 Å².